The second-order valence-electron chi connectivity index (χ2n) is 7.21. The number of carbonyl (C=O) groups is 2. The molecule has 0 N–H and O–H groups in total. The quantitative estimate of drug-likeness (QED) is 0.775. The summed E-state index contributed by atoms with van der Waals surface area (Å²) in [5, 5.41) is 0. The molecule has 136 valence electrons. The summed E-state index contributed by atoms with van der Waals surface area (Å²) < 4.78 is 3.18. The first-order valence-corrected chi connectivity index (χ1v) is 8.90. The summed E-state index contributed by atoms with van der Waals surface area (Å²) in [6.45, 7) is 4.41. The third kappa shape index (κ3) is 2.23. The van der Waals surface area contributed by atoms with E-state index in [9.17, 15) is 14.4 Å². The molecule has 0 spiro atoms. The van der Waals surface area contributed by atoms with Crippen molar-refractivity contribution in [3.05, 3.63) is 46.4 Å². The zero-order chi connectivity index (χ0) is 18.6. The number of imide groups is 1. The summed E-state index contributed by atoms with van der Waals surface area (Å²) >= 11 is 0. The molecule has 7 heteroatoms. The molecule has 3 amide bonds. The Hall–Kier alpha value is -2.83. The van der Waals surface area contributed by atoms with Gasteiger partial charge in [-0.1, -0.05) is 25.1 Å². The number of urea groups is 1. The number of benzene rings is 1. The highest BCUT2D eigenvalue weighted by atomic mass is 16.2. The van der Waals surface area contributed by atoms with Crippen LogP contribution in [0, 0.1) is 12.8 Å². The van der Waals surface area contributed by atoms with Crippen LogP contribution >= 0.6 is 0 Å². The molecule has 26 heavy (non-hydrogen) atoms. The molecular weight excluding hydrogens is 332 g/mol. The summed E-state index contributed by atoms with van der Waals surface area (Å²) in [7, 11) is 1.76. The van der Waals surface area contributed by atoms with Gasteiger partial charge in [-0.05, 0) is 37.8 Å². The van der Waals surface area contributed by atoms with E-state index < -0.39 is 6.04 Å². The van der Waals surface area contributed by atoms with E-state index in [0.717, 1.165) is 11.3 Å². The first-order chi connectivity index (χ1) is 12.4. The zero-order valence-electron chi connectivity index (χ0n) is 15.2. The van der Waals surface area contributed by atoms with E-state index in [2.05, 4.69) is 6.92 Å². The molecule has 3 heterocycles. The van der Waals surface area contributed by atoms with Crippen molar-refractivity contribution in [1.29, 1.82) is 0 Å². The number of carbonyl (C=O) groups excluding carboxylic acids is 2. The molecule has 2 aromatic rings. The molecule has 0 radical (unpaired) electrons. The molecule has 1 aromatic carbocycles. The van der Waals surface area contributed by atoms with Gasteiger partial charge in [0.15, 0.2) is 0 Å². The number of fused-ring (bicyclic) bond motifs is 1. The fourth-order valence-corrected chi connectivity index (χ4v) is 3.99. The number of nitrogens with zero attached hydrogens (tertiary/aromatic N) is 4. The highest BCUT2D eigenvalue weighted by Crippen LogP contribution is 2.33. The monoisotopic (exact) mass is 354 g/mol. The van der Waals surface area contributed by atoms with E-state index >= 15 is 0 Å². The van der Waals surface area contributed by atoms with E-state index in [1.54, 1.807) is 23.6 Å². The van der Waals surface area contributed by atoms with Gasteiger partial charge in [0.1, 0.15) is 11.7 Å². The van der Waals surface area contributed by atoms with Gasteiger partial charge < -0.3 is 4.90 Å². The van der Waals surface area contributed by atoms with Crippen molar-refractivity contribution in [3.63, 3.8) is 0 Å². The Balaban J connectivity index is 1.83. The van der Waals surface area contributed by atoms with Gasteiger partial charge in [0.2, 0.25) is 0 Å². The molecular formula is C19H22N4O3. The van der Waals surface area contributed by atoms with E-state index in [1.165, 1.54) is 4.68 Å². The zero-order valence-corrected chi connectivity index (χ0v) is 15.2. The van der Waals surface area contributed by atoms with Gasteiger partial charge in [-0.25, -0.2) is 14.4 Å². The average molecular weight is 354 g/mol. The Kier molecular flexibility index (Phi) is 3.75. The van der Waals surface area contributed by atoms with Crippen molar-refractivity contribution in [2.75, 3.05) is 11.4 Å². The fraction of sp³-hybridized carbons (Fsp3) is 0.421. The molecule has 2 atom stereocenters. The number of anilines is 1. The molecule has 0 unspecified atom stereocenters. The normalized spacial score (nSPS) is 22.9. The van der Waals surface area contributed by atoms with Crippen molar-refractivity contribution in [1.82, 2.24) is 14.3 Å². The van der Waals surface area contributed by atoms with Crippen molar-refractivity contribution in [3.8, 4) is 5.69 Å². The molecule has 0 saturated carbocycles. The van der Waals surface area contributed by atoms with Gasteiger partial charge in [0.25, 0.3) is 11.5 Å². The topological polar surface area (TPSA) is 67.6 Å². The molecule has 4 rings (SSSR count). The lowest BCUT2D eigenvalue weighted by atomic mass is 9.93. The highest BCUT2D eigenvalue weighted by molar-refractivity contribution is 6.21. The molecule has 7 nitrogen and oxygen atoms in total. The van der Waals surface area contributed by atoms with Crippen molar-refractivity contribution < 1.29 is 9.59 Å². The van der Waals surface area contributed by atoms with Gasteiger partial charge in [-0.2, -0.15) is 0 Å². The predicted octanol–water partition coefficient (Wildman–Crippen LogP) is 2.05. The standard InChI is InChI=1S/C19H22N4O3/c1-12-9-10-21-15(11-12)17(24)22(19(21)26)16-13(2)20(3)23(18(16)25)14-7-5-4-6-8-14/h4-8,12,15H,9-11H2,1-3H3/t12-,15+/m0/s1. The summed E-state index contributed by atoms with van der Waals surface area (Å²) in [4.78, 5) is 41.7. The predicted molar refractivity (Wildman–Crippen MR) is 97.5 cm³/mol. The van der Waals surface area contributed by atoms with Crippen LogP contribution in [0.5, 0.6) is 0 Å². The van der Waals surface area contributed by atoms with Crippen LogP contribution < -0.4 is 10.5 Å². The van der Waals surface area contributed by atoms with Crippen LogP contribution in [0.1, 0.15) is 25.5 Å². The Morgan fingerprint density at radius 2 is 1.77 bits per heavy atom. The maximum absolute atomic E-state index is 13.1. The lowest BCUT2D eigenvalue weighted by molar-refractivity contribution is -0.120. The molecule has 2 saturated heterocycles. The van der Waals surface area contributed by atoms with Crippen LogP contribution in [0.25, 0.3) is 5.69 Å². The third-order valence-corrected chi connectivity index (χ3v) is 5.55. The van der Waals surface area contributed by atoms with Crippen molar-refractivity contribution in [2.45, 2.75) is 32.7 Å². The molecule has 2 aliphatic rings. The molecule has 1 aromatic heterocycles. The van der Waals surface area contributed by atoms with Crippen molar-refractivity contribution in [2.24, 2.45) is 13.0 Å². The summed E-state index contributed by atoms with van der Waals surface area (Å²) in [5.41, 5.74) is 1.09. The second-order valence-corrected chi connectivity index (χ2v) is 7.21. The van der Waals surface area contributed by atoms with Gasteiger partial charge >= 0.3 is 6.03 Å². The first kappa shape index (κ1) is 16.6. The molecule has 2 aliphatic heterocycles. The van der Waals surface area contributed by atoms with Crippen LogP contribution in [0.15, 0.2) is 35.1 Å². The largest absolute Gasteiger partial charge is 0.332 e. The number of para-hydroxylation sites is 1. The van der Waals surface area contributed by atoms with Crippen LogP contribution in [0.2, 0.25) is 0 Å². The van der Waals surface area contributed by atoms with E-state index in [1.807, 2.05) is 30.3 Å². The molecule has 0 aliphatic carbocycles. The second kappa shape index (κ2) is 5.86. The number of rotatable bonds is 2. The van der Waals surface area contributed by atoms with Crippen LogP contribution in [0.3, 0.4) is 0 Å². The van der Waals surface area contributed by atoms with E-state index in [-0.39, 0.29) is 23.2 Å². The Labute approximate surface area is 151 Å². The van der Waals surface area contributed by atoms with Gasteiger partial charge in [-0.15, -0.1) is 0 Å². The minimum Gasteiger partial charge on any atom is -0.312 e. The Morgan fingerprint density at radius 1 is 1.08 bits per heavy atom. The van der Waals surface area contributed by atoms with Gasteiger partial charge in [0, 0.05) is 13.6 Å². The SMILES string of the molecule is Cc1c(N2C(=O)[C@H]3C[C@@H](C)CCN3C2=O)c(=O)n(-c2ccccc2)n1C. The van der Waals surface area contributed by atoms with E-state index in [0.29, 0.717) is 30.3 Å². The smallest absolute Gasteiger partial charge is 0.312 e. The minimum absolute atomic E-state index is 0.161. The summed E-state index contributed by atoms with van der Waals surface area (Å²) in [6.07, 6.45) is 1.53. The fourth-order valence-electron chi connectivity index (χ4n) is 3.99. The lowest BCUT2D eigenvalue weighted by Crippen LogP contribution is -2.41. The summed E-state index contributed by atoms with van der Waals surface area (Å²) in [5.74, 6) is 0.110. The lowest BCUT2D eigenvalue weighted by Gasteiger charge is -2.30. The van der Waals surface area contributed by atoms with Crippen LogP contribution in [0.4, 0.5) is 10.5 Å². The number of aromatic nitrogens is 2. The first-order valence-electron chi connectivity index (χ1n) is 8.90. The Bertz CT molecular complexity index is 944. The van der Waals surface area contributed by atoms with Crippen LogP contribution in [-0.2, 0) is 11.8 Å². The maximum atomic E-state index is 13.1. The minimum atomic E-state index is -0.449. The van der Waals surface area contributed by atoms with Gasteiger partial charge in [0.05, 0.1) is 11.4 Å². The van der Waals surface area contributed by atoms with Crippen molar-refractivity contribution >= 4 is 17.6 Å². The summed E-state index contributed by atoms with van der Waals surface area (Å²) in [6, 6.07) is 8.38. The molecule has 0 bridgehead atoms. The number of amides is 3. The Morgan fingerprint density at radius 3 is 2.46 bits per heavy atom. The maximum Gasteiger partial charge on any atom is 0.332 e. The average Bonchev–Trinajstić information content (AvgIpc) is 2.99. The third-order valence-electron chi connectivity index (χ3n) is 5.55. The highest BCUT2D eigenvalue weighted by Gasteiger charge is 2.49. The molecule has 2 fully saturated rings. The number of hydrogen-bond acceptors (Lipinski definition) is 3. The van der Waals surface area contributed by atoms with Crippen LogP contribution in [-0.4, -0.2) is 38.8 Å². The van der Waals surface area contributed by atoms with Gasteiger partial charge in [-0.3, -0.25) is 14.3 Å². The van der Waals surface area contributed by atoms with E-state index in [4.69, 9.17) is 0 Å². The number of piperidine rings is 1. The number of hydrogen-bond donors (Lipinski definition) is 0.